The molecule has 9 heteroatoms. The molecule has 196 valence electrons. The molecule has 0 spiro atoms. The summed E-state index contributed by atoms with van der Waals surface area (Å²) in [5, 5.41) is 13.2. The summed E-state index contributed by atoms with van der Waals surface area (Å²) in [6, 6.07) is -0.447. The first kappa shape index (κ1) is 31.1. The minimum atomic E-state index is -0.828. The van der Waals surface area contributed by atoms with E-state index < -0.39 is 42.9 Å². The Morgan fingerprint density at radius 2 is 1.56 bits per heavy atom. The highest BCUT2D eigenvalue weighted by Gasteiger charge is 2.48. The summed E-state index contributed by atoms with van der Waals surface area (Å²) in [6.45, 7) is 15.8. The first-order chi connectivity index (χ1) is 16.6. The summed E-state index contributed by atoms with van der Waals surface area (Å²) in [6.07, 6.45) is 4.99. The second kappa shape index (κ2) is 19.3. The molecule has 34 heavy (non-hydrogen) atoms. The standard InChI is InChI=1S/C25H46BNO7/c1-6-11-14-29-18-21-22(34-26)23(30-15-12-7-2)24(31-16-13-8-3)25(33-21)32-17-19(27-10-5)20(28)9-4/h9-10,19-25,27-28H,4-8,11-18H2,1-3H3/t19-,20+,21?,22?,23?,24?,25?/m0/s1. The van der Waals surface area contributed by atoms with E-state index in [2.05, 4.69) is 39.2 Å². The van der Waals surface area contributed by atoms with Gasteiger partial charge in [0.2, 0.25) is 0 Å². The van der Waals surface area contributed by atoms with Crippen molar-refractivity contribution in [2.45, 2.75) is 102 Å². The number of hydrogen-bond donors (Lipinski definition) is 2. The molecule has 1 aliphatic rings. The third-order valence-electron chi connectivity index (χ3n) is 5.71. The smallest absolute Gasteiger partial charge is 0.283 e. The van der Waals surface area contributed by atoms with Crippen molar-refractivity contribution in [3.63, 3.8) is 0 Å². The van der Waals surface area contributed by atoms with Gasteiger partial charge in [0.05, 0.1) is 31.5 Å². The average Bonchev–Trinajstić information content (AvgIpc) is 2.85. The summed E-state index contributed by atoms with van der Waals surface area (Å²) < 4.78 is 36.1. The Hall–Kier alpha value is -0.935. The minimum absolute atomic E-state index is 0.136. The van der Waals surface area contributed by atoms with E-state index in [4.69, 9.17) is 36.4 Å². The highest BCUT2D eigenvalue weighted by Crippen LogP contribution is 2.29. The van der Waals surface area contributed by atoms with E-state index in [1.807, 2.05) is 0 Å². The fourth-order valence-electron chi connectivity index (χ4n) is 3.61. The van der Waals surface area contributed by atoms with Crippen LogP contribution >= 0.6 is 0 Å². The molecule has 1 heterocycles. The van der Waals surface area contributed by atoms with Gasteiger partial charge in [-0.1, -0.05) is 52.7 Å². The third-order valence-corrected chi connectivity index (χ3v) is 5.71. The van der Waals surface area contributed by atoms with Gasteiger partial charge in [-0.2, -0.15) is 0 Å². The van der Waals surface area contributed by atoms with Gasteiger partial charge >= 0.3 is 0 Å². The summed E-state index contributed by atoms with van der Waals surface area (Å²) in [5.41, 5.74) is 0. The Kier molecular flexibility index (Phi) is 17.6. The predicted molar refractivity (Wildman–Crippen MR) is 134 cm³/mol. The summed E-state index contributed by atoms with van der Waals surface area (Å²) in [7, 11) is 5.72. The quantitative estimate of drug-likeness (QED) is 0.146. The average molecular weight is 483 g/mol. The van der Waals surface area contributed by atoms with Gasteiger partial charge < -0.3 is 38.8 Å². The molecule has 0 aromatic carbocycles. The van der Waals surface area contributed by atoms with Gasteiger partial charge in [0.25, 0.3) is 8.05 Å². The van der Waals surface area contributed by atoms with E-state index in [0.717, 1.165) is 38.5 Å². The van der Waals surface area contributed by atoms with Gasteiger partial charge in [0.15, 0.2) is 6.29 Å². The van der Waals surface area contributed by atoms with Crippen molar-refractivity contribution < 1.29 is 33.4 Å². The van der Waals surface area contributed by atoms with Crippen molar-refractivity contribution in [1.29, 1.82) is 0 Å². The van der Waals surface area contributed by atoms with Gasteiger partial charge in [-0.25, -0.2) is 0 Å². The lowest BCUT2D eigenvalue weighted by Gasteiger charge is -2.46. The van der Waals surface area contributed by atoms with Crippen LogP contribution in [0.3, 0.4) is 0 Å². The lowest BCUT2D eigenvalue weighted by Crippen LogP contribution is -2.62. The van der Waals surface area contributed by atoms with Crippen LogP contribution < -0.4 is 5.32 Å². The Bertz CT molecular complexity index is 527. The molecule has 2 radical (unpaired) electrons. The number of aliphatic hydroxyl groups is 1. The largest absolute Gasteiger partial charge is 0.440 e. The summed E-state index contributed by atoms with van der Waals surface area (Å²) in [5.74, 6) is 0. The first-order valence-electron chi connectivity index (χ1n) is 12.7. The number of hydrogen-bond acceptors (Lipinski definition) is 8. The zero-order valence-electron chi connectivity index (χ0n) is 21.4. The van der Waals surface area contributed by atoms with Crippen LogP contribution in [0.25, 0.3) is 0 Å². The van der Waals surface area contributed by atoms with E-state index in [-0.39, 0.29) is 6.61 Å². The van der Waals surface area contributed by atoms with Crippen LogP contribution in [0.4, 0.5) is 0 Å². The second-order valence-electron chi connectivity index (χ2n) is 8.49. The number of rotatable bonds is 21. The lowest BCUT2D eigenvalue weighted by atomic mass is 9.97. The number of unbranched alkanes of at least 4 members (excludes halogenated alkanes) is 3. The Morgan fingerprint density at radius 3 is 2.12 bits per heavy atom. The van der Waals surface area contributed by atoms with Crippen molar-refractivity contribution in [3.05, 3.63) is 25.4 Å². The summed E-state index contributed by atoms with van der Waals surface area (Å²) >= 11 is 0. The SMILES string of the molecule is [B]OC1C(COCCCC)OC(OC[C@H](NC=C)[C@H](O)C=C)C(OCCCC)C1OCCCC. The van der Waals surface area contributed by atoms with Crippen LogP contribution in [0.2, 0.25) is 0 Å². The molecular weight excluding hydrogens is 437 g/mol. The van der Waals surface area contributed by atoms with E-state index in [1.54, 1.807) is 0 Å². The molecule has 0 aliphatic carbocycles. The summed E-state index contributed by atoms with van der Waals surface area (Å²) in [4.78, 5) is 0. The monoisotopic (exact) mass is 483 g/mol. The highest BCUT2D eigenvalue weighted by molar-refractivity contribution is 5.98. The molecule has 2 N–H and O–H groups in total. The fourth-order valence-corrected chi connectivity index (χ4v) is 3.61. The molecule has 0 bridgehead atoms. The van der Waals surface area contributed by atoms with Crippen LogP contribution in [0, 0.1) is 0 Å². The normalized spacial score (nSPS) is 26.6. The van der Waals surface area contributed by atoms with Gasteiger partial charge in [-0.05, 0) is 25.5 Å². The molecule has 1 aliphatic heterocycles. The Morgan fingerprint density at radius 1 is 0.941 bits per heavy atom. The molecule has 8 nitrogen and oxygen atoms in total. The molecule has 1 fully saturated rings. The molecule has 0 saturated carbocycles. The molecule has 7 atom stereocenters. The van der Waals surface area contributed by atoms with Crippen molar-refractivity contribution in [2.24, 2.45) is 0 Å². The van der Waals surface area contributed by atoms with Crippen molar-refractivity contribution in [3.8, 4) is 0 Å². The van der Waals surface area contributed by atoms with E-state index in [1.165, 1.54) is 12.3 Å². The molecule has 1 rings (SSSR count). The maximum absolute atomic E-state index is 10.2. The first-order valence-corrected chi connectivity index (χ1v) is 12.7. The zero-order valence-corrected chi connectivity index (χ0v) is 21.4. The molecule has 5 unspecified atom stereocenters. The fraction of sp³-hybridized carbons (Fsp3) is 0.840. The van der Waals surface area contributed by atoms with E-state index >= 15 is 0 Å². The maximum atomic E-state index is 10.2. The van der Waals surface area contributed by atoms with Gasteiger partial charge in [-0.3, -0.25) is 0 Å². The maximum Gasteiger partial charge on any atom is 0.283 e. The minimum Gasteiger partial charge on any atom is -0.440 e. The predicted octanol–water partition coefficient (Wildman–Crippen LogP) is 3.03. The Balaban J connectivity index is 3.08. The number of aliphatic hydroxyl groups excluding tert-OH is 1. The third kappa shape index (κ3) is 10.8. The molecule has 1 saturated heterocycles. The zero-order chi connectivity index (χ0) is 25.2. The lowest BCUT2D eigenvalue weighted by molar-refractivity contribution is -0.315. The molecule has 0 aromatic heterocycles. The van der Waals surface area contributed by atoms with E-state index in [0.29, 0.717) is 26.4 Å². The van der Waals surface area contributed by atoms with Crippen LogP contribution in [0.1, 0.15) is 59.3 Å². The van der Waals surface area contributed by atoms with Crippen molar-refractivity contribution >= 4 is 8.05 Å². The van der Waals surface area contributed by atoms with Gasteiger partial charge in [0, 0.05) is 19.8 Å². The topological polar surface area (TPSA) is 87.6 Å². The molecular formula is C25H46BNO7. The molecule has 0 amide bonds. The van der Waals surface area contributed by atoms with Crippen LogP contribution in [-0.2, 0) is 28.3 Å². The van der Waals surface area contributed by atoms with Gasteiger partial charge in [0.1, 0.15) is 18.3 Å². The molecule has 0 aromatic rings. The van der Waals surface area contributed by atoms with Crippen LogP contribution in [-0.4, -0.2) is 89.0 Å². The number of ether oxygens (including phenoxy) is 5. The van der Waals surface area contributed by atoms with Crippen LogP contribution in [0.5, 0.6) is 0 Å². The number of nitrogens with one attached hydrogen (secondary N) is 1. The Labute approximate surface area is 207 Å². The second-order valence-corrected chi connectivity index (χ2v) is 8.49. The van der Waals surface area contributed by atoms with Crippen LogP contribution in [0.15, 0.2) is 25.4 Å². The van der Waals surface area contributed by atoms with Crippen molar-refractivity contribution in [1.82, 2.24) is 5.32 Å². The van der Waals surface area contributed by atoms with E-state index in [9.17, 15) is 5.11 Å². The highest BCUT2D eigenvalue weighted by atomic mass is 16.7. The van der Waals surface area contributed by atoms with Crippen molar-refractivity contribution in [2.75, 3.05) is 33.0 Å². The van der Waals surface area contributed by atoms with Gasteiger partial charge in [-0.15, -0.1) is 6.58 Å².